The molecule has 0 aliphatic carbocycles. The first kappa shape index (κ1) is 15.7. The number of aryl methyl sites for hydroxylation is 1. The number of nitrogens with zero attached hydrogens (tertiary/aromatic N) is 2. The van der Waals surface area contributed by atoms with Crippen LogP contribution in [0.4, 0.5) is 0 Å². The van der Waals surface area contributed by atoms with Gasteiger partial charge in [0.05, 0.1) is 17.6 Å². The standard InChI is InChI=1S/C14H20N4O2S/c1-11-9-17-18(10-11)8-7-16-12(2)13-3-5-14(6-4-13)21(15,19)20/h3-6,9-10,12,16H,7-8H2,1-2H3,(H2,15,19,20). The van der Waals surface area contributed by atoms with Crippen LogP contribution in [0.2, 0.25) is 0 Å². The molecule has 0 aliphatic heterocycles. The van der Waals surface area contributed by atoms with Crippen LogP contribution in [0, 0.1) is 6.92 Å². The van der Waals surface area contributed by atoms with Crippen molar-refractivity contribution in [3.63, 3.8) is 0 Å². The minimum Gasteiger partial charge on any atom is -0.308 e. The summed E-state index contributed by atoms with van der Waals surface area (Å²) < 4.78 is 24.3. The molecule has 2 aromatic rings. The maximum Gasteiger partial charge on any atom is 0.238 e. The molecule has 2 rings (SSSR count). The Labute approximate surface area is 125 Å². The molecule has 1 heterocycles. The van der Waals surface area contributed by atoms with Gasteiger partial charge in [0.25, 0.3) is 0 Å². The molecule has 1 atom stereocenters. The normalized spacial score (nSPS) is 13.3. The molecule has 0 aliphatic rings. The summed E-state index contributed by atoms with van der Waals surface area (Å²) in [4.78, 5) is 0.130. The Bertz CT molecular complexity index is 692. The van der Waals surface area contributed by atoms with Gasteiger partial charge in [-0.15, -0.1) is 0 Å². The first-order valence-corrected chi connectivity index (χ1v) is 8.26. The predicted molar refractivity (Wildman–Crippen MR) is 81.2 cm³/mol. The van der Waals surface area contributed by atoms with Crippen LogP contribution in [0.25, 0.3) is 0 Å². The van der Waals surface area contributed by atoms with Crippen molar-refractivity contribution in [2.45, 2.75) is 31.3 Å². The molecule has 21 heavy (non-hydrogen) atoms. The van der Waals surface area contributed by atoms with E-state index in [0.717, 1.165) is 24.2 Å². The molecule has 1 aromatic carbocycles. The van der Waals surface area contributed by atoms with Crippen LogP contribution in [0.1, 0.15) is 24.1 Å². The fourth-order valence-corrected chi connectivity index (χ4v) is 2.56. The van der Waals surface area contributed by atoms with Gasteiger partial charge in [-0.3, -0.25) is 4.68 Å². The fraction of sp³-hybridized carbons (Fsp3) is 0.357. The molecule has 0 fully saturated rings. The van der Waals surface area contributed by atoms with Crippen LogP contribution in [0.3, 0.4) is 0 Å². The highest BCUT2D eigenvalue weighted by molar-refractivity contribution is 7.89. The van der Waals surface area contributed by atoms with E-state index in [1.807, 2.05) is 30.9 Å². The molecule has 114 valence electrons. The Morgan fingerprint density at radius 2 is 2.00 bits per heavy atom. The SMILES string of the molecule is Cc1cnn(CCNC(C)c2ccc(S(N)(=O)=O)cc2)c1. The van der Waals surface area contributed by atoms with Crippen LogP contribution < -0.4 is 10.5 Å². The van der Waals surface area contributed by atoms with Gasteiger partial charge in [-0.05, 0) is 37.1 Å². The Balaban J connectivity index is 1.89. The van der Waals surface area contributed by atoms with Gasteiger partial charge in [-0.25, -0.2) is 13.6 Å². The van der Waals surface area contributed by atoms with Gasteiger partial charge in [-0.2, -0.15) is 5.10 Å². The molecule has 0 radical (unpaired) electrons. The summed E-state index contributed by atoms with van der Waals surface area (Å²) in [7, 11) is -3.63. The maximum atomic E-state index is 11.2. The lowest BCUT2D eigenvalue weighted by molar-refractivity contribution is 0.507. The highest BCUT2D eigenvalue weighted by Crippen LogP contribution is 2.15. The number of hydrogen-bond acceptors (Lipinski definition) is 4. The van der Waals surface area contributed by atoms with Crippen molar-refractivity contribution in [1.82, 2.24) is 15.1 Å². The largest absolute Gasteiger partial charge is 0.308 e. The molecular weight excluding hydrogens is 288 g/mol. The van der Waals surface area contributed by atoms with Crippen LogP contribution >= 0.6 is 0 Å². The van der Waals surface area contributed by atoms with E-state index < -0.39 is 10.0 Å². The van der Waals surface area contributed by atoms with E-state index in [9.17, 15) is 8.42 Å². The van der Waals surface area contributed by atoms with Crippen molar-refractivity contribution in [3.8, 4) is 0 Å². The highest BCUT2D eigenvalue weighted by Gasteiger charge is 2.09. The molecule has 1 unspecified atom stereocenters. The summed E-state index contributed by atoms with van der Waals surface area (Å²) in [6, 6.07) is 6.72. The number of hydrogen-bond donors (Lipinski definition) is 2. The first-order valence-electron chi connectivity index (χ1n) is 6.71. The molecule has 0 saturated heterocycles. The Morgan fingerprint density at radius 1 is 1.33 bits per heavy atom. The van der Waals surface area contributed by atoms with E-state index in [1.54, 1.807) is 12.1 Å². The maximum absolute atomic E-state index is 11.2. The third kappa shape index (κ3) is 4.38. The molecule has 7 heteroatoms. The average molecular weight is 308 g/mol. The van der Waals surface area contributed by atoms with E-state index in [4.69, 9.17) is 5.14 Å². The molecular formula is C14H20N4O2S. The summed E-state index contributed by atoms with van der Waals surface area (Å²) in [5, 5.41) is 12.7. The quantitative estimate of drug-likeness (QED) is 0.839. The minimum atomic E-state index is -3.63. The number of sulfonamides is 1. The number of rotatable bonds is 6. The second kappa shape index (κ2) is 6.38. The summed E-state index contributed by atoms with van der Waals surface area (Å²) in [5.41, 5.74) is 2.15. The van der Waals surface area contributed by atoms with Gasteiger partial charge in [0.15, 0.2) is 0 Å². The summed E-state index contributed by atoms with van der Waals surface area (Å²) in [6.45, 7) is 5.60. The van der Waals surface area contributed by atoms with Gasteiger partial charge >= 0.3 is 0 Å². The van der Waals surface area contributed by atoms with Crippen LogP contribution in [-0.4, -0.2) is 24.7 Å². The lowest BCUT2D eigenvalue weighted by Gasteiger charge is -2.14. The smallest absolute Gasteiger partial charge is 0.238 e. The molecule has 0 saturated carbocycles. The van der Waals surface area contributed by atoms with Crippen molar-refractivity contribution in [3.05, 3.63) is 47.8 Å². The predicted octanol–water partition coefficient (Wildman–Crippen LogP) is 1.19. The van der Waals surface area contributed by atoms with Crippen molar-refractivity contribution < 1.29 is 8.42 Å². The molecule has 0 amide bonds. The van der Waals surface area contributed by atoms with Crippen molar-refractivity contribution in [1.29, 1.82) is 0 Å². The Morgan fingerprint density at radius 3 is 2.52 bits per heavy atom. The first-order chi connectivity index (χ1) is 9.86. The minimum absolute atomic E-state index is 0.121. The topological polar surface area (TPSA) is 90.0 Å². The van der Waals surface area contributed by atoms with Gasteiger partial charge < -0.3 is 5.32 Å². The van der Waals surface area contributed by atoms with Crippen molar-refractivity contribution >= 4 is 10.0 Å². The second-order valence-electron chi connectivity index (χ2n) is 5.07. The Kier molecular flexibility index (Phi) is 4.76. The van der Waals surface area contributed by atoms with Crippen LogP contribution in [0.15, 0.2) is 41.6 Å². The molecule has 1 aromatic heterocycles. The van der Waals surface area contributed by atoms with E-state index in [1.165, 1.54) is 12.1 Å². The number of benzene rings is 1. The van der Waals surface area contributed by atoms with Crippen LogP contribution in [0.5, 0.6) is 0 Å². The molecule has 0 bridgehead atoms. The van der Waals surface area contributed by atoms with Gasteiger partial charge in [0, 0.05) is 18.8 Å². The number of aromatic nitrogens is 2. The van der Waals surface area contributed by atoms with E-state index >= 15 is 0 Å². The van der Waals surface area contributed by atoms with Gasteiger partial charge in [0.1, 0.15) is 0 Å². The fourth-order valence-electron chi connectivity index (χ4n) is 2.05. The van der Waals surface area contributed by atoms with E-state index in [0.29, 0.717) is 0 Å². The Hall–Kier alpha value is -1.70. The van der Waals surface area contributed by atoms with Crippen molar-refractivity contribution in [2.75, 3.05) is 6.54 Å². The summed E-state index contributed by atoms with van der Waals surface area (Å²) in [5.74, 6) is 0. The number of nitrogens with one attached hydrogen (secondary N) is 1. The molecule has 3 N–H and O–H groups in total. The third-order valence-electron chi connectivity index (χ3n) is 3.26. The zero-order chi connectivity index (χ0) is 15.5. The lowest BCUT2D eigenvalue weighted by atomic mass is 10.1. The monoisotopic (exact) mass is 308 g/mol. The van der Waals surface area contributed by atoms with E-state index in [-0.39, 0.29) is 10.9 Å². The molecule has 6 nitrogen and oxygen atoms in total. The zero-order valence-electron chi connectivity index (χ0n) is 12.2. The third-order valence-corrected chi connectivity index (χ3v) is 4.19. The molecule has 0 spiro atoms. The van der Waals surface area contributed by atoms with Gasteiger partial charge in [0.2, 0.25) is 10.0 Å². The van der Waals surface area contributed by atoms with Gasteiger partial charge in [-0.1, -0.05) is 12.1 Å². The average Bonchev–Trinajstić information content (AvgIpc) is 2.83. The lowest BCUT2D eigenvalue weighted by Crippen LogP contribution is -2.23. The highest BCUT2D eigenvalue weighted by atomic mass is 32.2. The van der Waals surface area contributed by atoms with Crippen molar-refractivity contribution in [2.24, 2.45) is 5.14 Å². The second-order valence-corrected chi connectivity index (χ2v) is 6.63. The number of nitrogens with two attached hydrogens (primary N) is 1. The van der Waals surface area contributed by atoms with E-state index in [2.05, 4.69) is 10.4 Å². The summed E-state index contributed by atoms with van der Waals surface area (Å²) >= 11 is 0. The number of primary sulfonamides is 1. The summed E-state index contributed by atoms with van der Waals surface area (Å²) in [6.07, 6.45) is 3.82. The van der Waals surface area contributed by atoms with Crippen LogP contribution in [-0.2, 0) is 16.6 Å². The zero-order valence-corrected chi connectivity index (χ0v) is 13.0.